The maximum Gasteiger partial charge on any atom is 0.393 e. The number of rotatable bonds is 6. The zero-order valence-corrected chi connectivity index (χ0v) is 15.8. The number of carboxylic acid groups (broad SMARTS) is 1. The highest BCUT2D eigenvalue weighted by Crippen LogP contribution is 2.40. The summed E-state index contributed by atoms with van der Waals surface area (Å²) in [6.07, 6.45) is -10.3. The van der Waals surface area contributed by atoms with Gasteiger partial charge in [0.25, 0.3) is 5.69 Å². The number of piperidine rings is 1. The quantitative estimate of drug-likeness (QED) is 0.397. The molecule has 2 rings (SSSR count). The molecule has 1 atom stereocenters. The second-order valence-corrected chi connectivity index (χ2v) is 7.03. The molecule has 7 nitrogen and oxygen atoms in total. The largest absolute Gasteiger partial charge is 0.478 e. The van der Waals surface area contributed by atoms with E-state index in [4.69, 9.17) is 0 Å². The molecule has 1 unspecified atom stereocenters. The second-order valence-electron chi connectivity index (χ2n) is 7.03. The van der Waals surface area contributed by atoms with Crippen LogP contribution in [-0.4, -0.2) is 55.0 Å². The van der Waals surface area contributed by atoms with Crippen LogP contribution in [0.5, 0.6) is 0 Å². The highest BCUT2D eigenvalue weighted by molar-refractivity contribution is 5.97. The van der Waals surface area contributed by atoms with Crippen molar-refractivity contribution >= 4 is 23.0 Å². The Morgan fingerprint density at radius 3 is 2.43 bits per heavy atom. The summed E-state index contributed by atoms with van der Waals surface area (Å²) in [5.41, 5.74) is -1.84. The molecule has 1 aromatic carbocycles. The number of carbonyl (C=O) groups is 1. The average molecular weight is 443 g/mol. The van der Waals surface area contributed by atoms with Crippen molar-refractivity contribution in [2.24, 2.45) is 5.92 Å². The topological polar surface area (TPSA) is 86.9 Å². The first kappa shape index (κ1) is 23.5. The van der Waals surface area contributed by atoms with Gasteiger partial charge in [0.2, 0.25) is 0 Å². The first-order chi connectivity index (χ1) is 13.7. The Morgan fingerprint density at radius 1 is 1.30 bits per heavy atom. The van der Waals surface area contributed by atoms with Crippen molar-refractivity contribution in [3.8, 4) is 0 Å². The number of halogens is 6. The summed E-state index contributed by atoms with van der Waals surface area (Å²) in [7, 11) is 1.16. The third-order valence-electron chi connectivity index (χ3n) is 4.89. The highest BCUT2D eigenvalue weighted by atomic mass is 19.4. The molecule has 1 aromatic rings. The molecule has 0 amide bonds. The number of nitro groups is 1. The predicted octanol–water partition coefficient (Wildman–Crippen LogP) is 4.46. The fourth-order valence-electron chi connectivity index (χ4n) is 3.33. The minimum absolute atomic E-state index is 0.0797. The first-order valence-corrected chi connectivity index (χ1v) is 8.86. The molecule has 1 N–H and O–H groups in total. The summed E-state index contributed by atoms with van der Waals surface area (Å²) in [6.45, 7) is -1.12. The van der Waals surface area contributed by atoms with Crippen LogP contribution in [-0.2, 0) is 0 Å². The molecule has 168 valence electrons. The van der Waals surface area contributed by atoms with Crippen LogP contribution in [0.3, 0.4) is 0 Å². The maximum absolute atomic E-state index is 13.1. The number of nitro benzene ring substituents is 1. The molecule has 0 bridgehead atoms. The molecule has 30 heavy (non-hydrogen) atoms. The van der Waals surface area contributed by atoms with Crippen molar-refractivity contribution in [3.63, 3.8) is 0 Å². The van der Waals surface area contributed by atoms with Gasteiger partial charge < -0.3 is 14.9 Å². The number of anilines is 2. The second kappa shape index (κ2) is 8.56. The summed E-state index contributed by atoms with van der Waals surface area (Å²) in [5, 5.41) is 20.8. The minimum atomic E-state index is -4.53. The molecule has 1 aliphatic rings. The van der Waals surface area contributed by atoms with Gasteiger partial charge in [-0.05, 0) is 18.9 Å². The van der Waals surface area contributed by atoms with Crippen LogP contribution < -0.4 is 9.80 Å². The van der Waals surface area contributed by atoms with E-state index in [-0.39, 0.29) is 30.8 Å². The Balaban J connectivity index is 2.50. The molecule has 1 heterocycles. The van der Waals surface area contributed by atoms with Crippen molar-refractivity contribution in [1.29, 1.82) is 0 Å². The summed E-state index contributed by atoms with van der Waals surface area (Å²) in [6, 6.07) is 1.66. The Bertz CT molecular complexity index is 812. The van der Waals surface area contributed by atoms with E-state index in [0.717, 1.165) is 22.9 Å². The Kier molecular flexibility index (Phi) is 6.72. The Hall–Kier alpha value is -2.73. The molecule has 1 saturated heterocycles. The van der Waals surface area contributed by atoms with E-state index in [1.165, 1.54) is 0 Å². The predicted molar refractivity (Wildman–Crippen MR) is 95.0 cm³/mol. The van der Waals surface area contributed by atoms with E-state index in [2.05, 4.69) is 0 Å². The van der Waals surface area contributed by atoms with Crippen molar-refractivity contribution in [2.75, 3.05) is 36.5 Å². The van der Waals surface area contributed by atoms with E-state index in [1.807, 2.05) is 0 Å². The summed E-state index contributed by atoms with van der Waals surface area (Å²) < 4.78 is 77.0. The van der Waals surface area contributed by atoms with Gasteiger partial charge in [-0.2, -0.15) is 26.3 Å². The van der Waals surface area contributed by atoms with Gasteiger partial charge in [0, 0.05) is 32.7 Å². The van der Waals surface area contributed by atoms with Crippen molar-refractivity contribution in [1.82, 2.24) is 0 Å². The van der Waals surface area contributed by atoms with Crippen LogP contribution in [0.4, 0.5) is 43.4 Å². The normalized spacial score (nSPS) is 17.7. The van der Waals surface area contributed by atoms with E-state index in [1.54, 1.807) is 0 Å². The SMILES string of the molecule is CN(CCC(F)(F)F)c1cc(N2CCCC(C(F)(F)F)C2)c(C(=O)O)cc1[N+](=O)[O-]. The zero-order valence-electron chi connectivity index (χ0n) is 15.8. The van der Waals surface area contributed by atoms with Crippen LogP contribution in [0.2, 0.25) is 0 Å². The molecule has 0 saturated carbocycles. The van der Waals surface area contributed by atoms with E-state index in [0.29, 0.717) is 6.07 Å². The lowest BCUT2D eigenvalue weighted by Gasteiger charge is -2.36. The first-order valence-electron chi connectivity index (χ1n) is 8.86. The molecule has 0 radical (unpaired) electrons. The molecule has 1 fully saturated rings. The number of carboxylic acids is 1. The third-order valence-corrected chi connectivity index (χ3v) is 4.89. The molecular weight excluding hydrogens is 424 g/mol. The van der Waals surface area contributed by atoms with Crippen LogP contribution in [0, 0.1) is 16.0 Å². The lowest BCUT2D eigenvalue weighted by molar-refractivity contribution is -0.384. The molecule has 1 aliphatic heterocycles. The van der Waals surface area contributed by atoms with E-state index < -0.39 is 59.9 Å². The van der Waals surface area contributed by atoms with Gasteiger partial charge in [-0.25, -0.2) is 4.79 Å². The van der Waals surface area contributed by atoms with E-state index in [9.17, 15) is 46.4 Å². The lowest BCUT2D eigenvalue weighted by atomic mass is 9.96. The maximum atomic E-state index is 13.1. The number of alkyl halides is 6. The summed E-state index contributed by atoms with van der Waals surface area (Å²) in [4.78, 5) is 24.2. The third kappa shape index (κ3) is 5.66. The molecule has 0 spiro atoms. The van der Waals surface area contributed by atoms with Gasteiger partial charge in [-0.1, -0.05) is 0 Å². The van der Waals surface area contributed by atoms with Gasteiger partial charge in [0.15, 0.2) is 0 Å². The van der Waals surface area contributed by atoms with Gasteiger partial charge in [-0.15, -0.1) is 0 Å². The number of hydrogen-bond acceptors (Lipinski definition) is 5. The fourth-order valence-corrected chi connectivity index (χ4v) is 3.33. The molecule has 0 aromatic heterocycles. The van der Waals surface area contributed by atoms with Crippen LogP contribution in [0.25, 0.3) is 0 Å². The average Bonchev–Trinajstić information content (AvgIpc) is 2.63. The van der Waals surface area contributed by atoms with Gasteiger partial charge in [0.05, 0.1) is 28.5 Å². The van der Waals surface area contributed by atoms with Gasteiger partial charge in [-0.3, -0.25) is 10.1 Å². The number of hydrogen-bond donors (Lipinski definition) is 1. The summed E-state index contributed by atoms with van der Waals surface area (Å²) >= 11 is 0. The van der Waals surface area contributed by atoms with Gasteiger partial charge in [0.1, 0.15) is 5.69 Å². The summed E-state index contributed by atoms with van der Waals surface area (Å²) in [5.74, 6) is -3.30. The van der Waals surface area contributed by atoms with Crippen molar-refractivity contribution in [3.05, 3.63) is 27.8 Å². The van der Waals surface area contributed by atoms with Crippen LogP contribution in [0.1, 0.15) is 29.6 Å². The number of nitrogens with zero attached hydrogens (tertiary/aromatic N) is 3. The molecule has 13 heteroatoms. The van der Waals surface area contributed by atoms with Crippen LogP contribution in [0.15, 0.2) is 12.1 Å². The van der Waals surface area contributed by atoms with Gasteiger partial charge >= 0.3 is 18.3 Å². The fraction of sp³-hybridized carbons (Fsp3) is 0.588. The number of benzene rings is 1. The van der Waals surface area contributed by atoms with E-state index >= 15 is 0 Å². The monoisotopic (exact) mass is 443 g/mol. The standard InChI is InChI=1S/C17H19F6N3O4/c1-24(6-4-16(18,19)20)13-8-12(11(15(27)28)7-14(13)26(29)30)25-5-2-3-10(9-25)17(21,22)23/h7-8,10H,2-6,9H2,1H3,(H,27,28). The Morgan fingerprint density at radius 2 is 1.93 bits per heavy atom. The molecular formula is C17H19F6N3O4. The number of aromatic carboxylic acids is 1. The van der Waals surface area contributed by atoms with Crippen molar-refractivity contribution in [2.45, 2.75) is 31.6 Å². The lowest BCUT2D eigenvalue weighted by Crippen LogP contribution is -2.42. The zero-order chi connectivity index (χ0) is 22.9. The van der Waals surface area contributed by atoms with Crippen LogP contribution >= 0.6 is 0 Å². The van der Waals surface area contributed by atoms with Crippen molar-refractivity contribution < 1.29 is 41.2 Å². The smallest absolute Gasteiger partial charge is 0.393 e. The molecule has 0 aliphatic carbocycles. The highest BCUT2D eigenvalue weighted by Gasteiger charge is 2.42. The Labute approximate surface area is 167 Å². The minimum Gasteiger partial charge on any atom is -0.478 e.